The van der Waals surface area contributed by atoms with Gasteiger partial charge >= 0.3 is 11.7 Å². The van der Waals surface area contributed by atoms with Crippen molar-refractivity contribution in [2.24, 2.45) is 0 Å². The molecular weight excluding hydrogens is 601 g/mol. The van der Waals surface area contributed by atoms with Gasteiger partial charge in [-0.25, -0.2) is 22.4 Å². The highest BCUT2D eigenvalue weighted by Gasteiger charge is 2.31. The van der Waals surface area contributed by atoms with Crippen molar-refractivity contribution in [2.75, 3.05) is 37.0 Å². The third-order valence-corrected chi connectivity index (χ3v) is 9.18. The van der Waals surface area contributed by atoms with E-state index in [9.17, 15) is 32.0 Å². The molecule has 2 aliphatic heterocycles. The lowest BCUT2D eigenvalue weighted by molar-refractivity contribution is -0.133. The zero-order valence-electron chi connectivity index (χ0n) is 23.5. The number of piperidine rings is 1. The van der Waals surface area contributed by atoms with Gasteiger partial charge in [-0.05, 0) is 37.0 Å². The smallest absolute Gasteiger partial charge is 0.331 e. The number of carbonyl (C=O) groups excluding carboxylic acids is 2. The van der Waals surface area contributed by atoms with Crippen LogP contribution in [0.4, 0.5) is 14.9 Å². The number of aromatic nitrogens is 2. The van der Waals surface area contributed by atoms with Gasteiger partial charge in [0.05, 0.1) is 16.3 Å². The molecule has 0 bridgehead atoms. The van der Waals surface area contributed by atoms with E-state index in [-0.39, 0.29) is 28.2 Å². The molecule has 2 aromatic carbocycles. The predicted octanol–water partition coefficient (Wildman–Crippen LogP) is 2.60. The molecule has 3 amide bonds. The van der Waals surface area contributed by atoms with E-state index in [0.29, 0.717) is 38.9 Å². The minimum absolute atomic E-state index is 0.0136. The molecule has 1 aromatic heterocycles. The number of para-hydroxylation sites is 1. The van der Waals surface area contributed by atoms with Crippen LogP contribution in [0.2, 0.25) is 5.02 Å². The number of benzene rings is 2. The molecule has 1 saturated heterocycles. The first-order chi connectivity index (χ1) is 20.4. The van der Waals surface area contributed by atoms with Crippen molar-refractivity contribution < 1.29 is 22.4 Å². The number of nitrogens with zero attached hydrogens (tertiary/aromatic N) is 4. The summed E-state index contributed by atoms with van der Waals surface area (Å²) in [5, 5.41) is 2.63. The topological polar surface area (TPSA) is 131 Å². The molecule has 3 aromatic rings. The Hall–Kier alpha value is -3.97. The standard InChI is InChI=1S/C29H31ClFN5O6S/c1-43(41,42)16-15-36-27(38)22(21-6-4-7-23(31)26(21)30)17-34(29(36)40)18-25(37)33-12-10-20(11-13-33)35-14-9-19-5-2-3-8-24(19)32-28(35)39/h2-8,17,20H,9-16,18H2,1H3,(H,32,39). The van der Waals surface area contributed by atoms with E-state index in [1.54, 1.807) is 9.80 Å². The molecule has 5 rings (SSSR count). The fourth-order valence-corrected chi connectivity index (χ4v) is 6.27. The first-order valence-corrected chi connectivity index (χ1v) is 16.3. The predicted molar refractivity (Wildman–Crippen MR) is 161 cm³/mol. The number of anilines is 1. The first-order valence-electron chi connectivity index (χ1n) is 13.8. The fraction of sp³-hybridized carbons (Fsp3) is 0.379. The molecule has 1 fully saturated rings. The number of halogens is 2. The highest BCUT2D eigenvalue weighted by molar-refractivity contribution is 7.90. The maximum absolute atomic E-state index is 14.2. The highest BCUT2D eigenvalue weighted by Crippen LogP contribution is 2.28. The van der Waals surface area contributed by atoms with E-state index in [1.807, 2.05) is 24.3 Å². The minimum Gasteiger partial charge on any atom is -0.341 e. The summed E-state index contributed by atoms with van der Waals surface area (Å²) in [6.45, 7) is 0.384. The number of amides is 3. The van der Waals surface area contributed by atoms with Crippen LogP contribution in [-0.2, 0) is 34.1 Å². The second-order valence-corrected chi connectivity index (χ2v) is 13.4. The Bertz CT molecular complexity index is 1800. The Morgan fingerprint density at radius 3 is 2.47 bits per heavy atom. The average molecular weight is 632 g/mol. The number of likely N-dealkylation sites (tertiary alicyclic amines) is 1. The van der Waals surface area contributed by atoms with E-state index >= 15 is 0 Å². The lowest BCUT2D eigenvalue weighted by Gasteiger charge is -2.38. The van der Waals surface area contributed by atoms with Gasteiger partial charge in [0, 0.05) is 55.9 Å². The molecule has 0 radical (unpaired) electrons. The fourth-order valence-electron chi connectivity index (χ4n) is 5.53. The molecule has 228 valence electrons. The van der Waals surface area contributed by atoms with Crippen LogP contribution >= 0.6 is 11.6 Å². The molecule has 0 saturated carbocycles. The van der Waals surface area contributed by atoms with Crippen molar-refractivity contribution in [3.63, 3.8) is 0 Å². The maximum atomic E-state index is 14.2. The third kappa shape index (κ3) is 6.67. The van der Waals surface area contributed by atoms with Crippen LogP contribution < -0.4 is 16.6 Å². The van der Waals surface area contributed by atoms with Gasteiger partial charge in [-0.3, -0.25) is 18.7 Å². The van der Waals surface area contributed by atoms with E-state index in [0.717, 1.165) is 38.9 Å². The second-order valence-electron chi connectivity index (χ2n) is 10.8. The number of fused-ring (bicyclic) bond motifs is 1. The number of rotatable bonds is 7. The van der Waals surface area contributed by atoms with Gasteiger partial charge in [0.1, 0.15) is 22.2 Å². The summed E-state index contributed by atoms with van der Waals surface area (Å²) in [6, 6.07) is 11.3. The Kier molecular flexibility index (Phi) is 8.74. The molecule has 11 nitrogen and oxygen atoms in total. The van der Waals surface area contributed by atoms with Crippen LogP contribution in [0, 0.1) is 5.82 Å². The summed E-state index contributed by atoms with van der Waals surface area (Å²) in [6.07, 6.45) is 3.94. The molecule has 43 heavy (non-hydrogen) atoms. The van der Waals surface area contributed by atoms with Crippen molar-refractivity contribution in [2.45, 2.75) is 38.4 Å². The number of sulfone groups is 1. The lowest BCUT2D eigenvalue weighted by atomic mass is 10.0. The normalized spacial score (nSPS) is 16.0. The van der Waals surface area contributed by atoms with Gasteiger partial charge in [-0.1, -0.05) is 41.9 Å². The van der Waals surface area contributed by atoms with Gasteiger partial charge in [0.2, 0.25) is 5.91 Å². The summed E-state index contributed by atoms with van der Waals surface area (Å²) in [5.74, 6) is -1.66. The van der Waals surface area contributed by atoms with Gasteiger partial charge in [0.25, 0.3) is 5.56 Å². The first kappa shape index (κ1) is 30.5. The molecule has 2 aliphatic rings. The van der Waals surface area contributed by atoms with E-state index in [1.165, 1.54) is 12.1 Å². The number of urea groups is 1. The Morgan fingerprint density at radius 2 is 1.74 bits per heavy atom. The SMILES string of the molecule is CS(=O)(=O)CCn1c(=O)c(-c2cccc(F)c2Cl)cn(CC(=O)N2CCC(N3CCc4ccccc4NC3=O)CC2)c1=O. The van der Waals surface area contributed by atoms with Gasteiger partial charge in [0.15, 0.2) is 0 Å². The van der Waals surface area contributed by atoms with Crippen molar-refractivity contribution in [3.8, 4) is 11.1 Å². The Balaban J connectivity index is 1.34. The summed E-state index contributed by atoms with van der Waals surface area (Å²) in [5.41, 5.74) is 0.0208. The summed E-state index contributed by atoms with van der Waals surface area (Å²) < 4.78 is 39.6. The quantitative estimate of drug-likeness (QED) is 0.427. The van der Waals surface area contributed by atoms with Gasteiger partial charge < -0.3 is 15.1 Å². The summed E-state index contributed by atoms with van der Waals surface area (Å²) in [4.78, 5) is 56.2. The van der Waals surface area contributed by atoms with E-state index in [2.05, 4.69) is 5.32 Å². The second kappa shape index (κ2) is 12.3. The van der Waals surface area contributed by atoms with Crippen LogP contribution in [0.25, 0.3) is 11.1 Å². The van der Waals surface area contributed by atoms with Gasteiger partial charge in [-0.15, -0.1) is 0 Å². The molecule has 3 heterocycles. The van der Waals surface area contributed by atoms with Crippen LogP contribution in [-0.4, -0.2) is 77.0 Å². The molecule has 1 N–H and O–H groups in total. The average Bonchev–Trinajstić information content (AvgIpc) is 3.13. The monoisotopic (exact) mass is 631 g/mol. The molecule has 0 aliphatic carbocycles. The largest absolute Gasteiger partial charge is 0.341 e. The number of nitrogens with one attached hydrogen (secondary N) is 1. The van der Waals surface area contributed by atoms with Crippen LogP contribution in [0.3, 0.4) is 0 Å². The summed E-state index contributed by atoms with van der Waals surface area (Å²) in [7, 11) is -3.54. The Labute approximate surface area is 252 Å². The van der Waals surface area contributed by atoms with Crippen molar-refractivity contribution in [1.82, 2.24) is 18.9 Å². The number of carbonyl (C=O) groups is 2. The third-order valence-electron chi connectivity index (χ3n) is 7.87. The van der Waals surface area contributed by atoms with Crippen LogP contribution in [0.5, 0.6) is 0 Å². The zero-order valence-corrected chi connectivity index (χ0v) is 25.0. The minimum atomic E-state index is -3.54. The van der Waals surface area contributed by atoms with Crippen LogP contribution in [0.1, 0.15) is 18.4 Å². The maximum Gasteiger partial charge on any atom is 0.331 e. The molecule has 14 heteroatoms. The zero-order chi connectivity index (χ0) is 30.9. The molecule has 0 spiro atoms. The molecular formula is C29H31ClFN5O6S. The van der Waals surface area contributed by atoms with Crippen molar-refractivity contribution in [3.05, 3.63) is 85.9 Å². The van der Waals surface area contributed by atoms with Crippen molar-refractivity contribution in [1.29, 1.82) is 0 Å². The van der Waals surface area contributed by atoms with Crippen LogP contribution in [0.15, 0.2) is 58.3 Å². The van der Waals surface area contributed by atoms with E-state index < -0.39 is 51.7 Å². The van der Waals surface area contributed by atoms with Crippen molar-refractivity contribution >= 4 is 39.1 Å². The van der Waals surface area contributed by atoms with E-state index in [4.69, 9.17) is 11.6 Å². The summed E-state index contributed by atoms with van der Waals surface area (Å²) >= 11 is 6.13. The van der Waals surface area contributed by atoms with Gasteiger partial charge in [-0.2, -0.15) is 0 Å². The molecule has 0 atom stereocenters. The number of hydrogen-bond acceptors (Lipinski definition) is 6. The lowest BCUT2D eigenvalue weighted by Crippen LogP contribution is -2.51. The Morgan fingerprint density at radius 1 is 1.02 bits per heavy atom. The highest BCUT2D eigenvalue weighted by atomic mass is 35.5. The number of hydrogen-bond donors (Lipinski definition) is 1. The molecule has 0 unspecified atom stereocenters.